The summed E-state index contributed by atoms with van der Waals surface area (Å²) in [5.74, 6) is 0.511. The molecule has 0 aliphatic heterocycles. The van der Waals surface area contributed by atoms with Crippen LogP contribution in [-0.4, -0.2) is 12.8 Å². The Morgan fingerprint density at radius 3 is 2.65 bits per heavy atom. The van der Waals surface area contributed by atoms with E-state index in [9.17, 15) is 4.39 Å². The lowest BCUT2D eigenvalue weighted by atomic mass is 10.1. The zero-order valence-corrected chi connectivity index (χ0v) is 13.2. The van der Waals surface area contributed by atoms with Gasteiger partial charge >= 0.3 is 0 Å². The maximum Gasteiger partial charge on any atom is 0.124 e. The summed E-state index contributed by atoms with van der Waals surface area (Å²) < 4.78 is 13.1. The van der Waals surface area contributed by atoms with Crippen molar-refractivity contribution in [1.82, 2.24) is 5.32 Å². The number of rotatable bonds is 5. The predicted molar refractivity (Wildman–Crippen MR) is 85.4 cm³/mol. The van der Waals surface area contributed by atoms with Crippen molar-refractivity contribution in [2.75, 3.05) is 12.8 Å². The van der Waals surface area contributed by atoms with Crippen molar-refractivity contribution in [1.29, 1.82) is 0 Å². The molecular weight excluding hydrogens is 316 g/mol. The lowest BCUT2D eigenvalue weighted by Crippen LogP contribution is -2.19. The first-order chi connectivity index (χ1) is 9.61. The van der Waals surface area contributed by atoms with Crippen molar-refractivity contribution in [3.63, 3.8) is 0 Å². The van der Waals surface area contributed by atoms with Gasteiger partial charge in [0.25, 0.3) is 0 Å². The number of hydrogen-bond acceptors (Lipinski definition) is 2. The van der Waals surface area contributed by atoms with Crippen molar-refractivity contribution >= 4 is 35.0 Å². The molecule has 20 heavy (non-hydrogen) atoms. The van der Waals surface area contributed by atoms with E-state index >= 15 is 0 Å². The van der Waals surface area contributed by atoms with Gasteiger partial charge in [0.05, 0.1) is 10.0 Å². The molecule has 106 valence electrons. The Morgan fingerprint density at radius 2 is 1.95 bits per heavy atom. The molecule has 5 heteroatoms. The second kappa shape index (κ2) is 7.32. The number of nitrogens with one attached hydrogen (secondary N) is 1. The topological polar surface area (TPSA) is 12.0 Å². The second-order valence-electron chi connectivity index (χ2n) is 4.25. The fourth-order valence-electron chi connectivity index (χ4n) is 1.85. The molecule has 0 fully saturated rings. The monoisotopic (exact) mass is 329 g/mol. The standard InChI is InChI=1S/C15H14Cl2FNS/c1-19-14(12-6-3-7-13(16)15(12)17)9-20-11-5-2-4-10(18)8-11/h2-8,14,19H,9H2,1H3. The largest absolute Gasteiger partial charge is 0.312 e. The third-order valence-electron chi connectivity index (χ3n) is 2.92. The number of thioether (sulfide) groups is 1. The van der Waals surface area contributed by atoms with Crippen LogP contribution in [0.25, 0.3) is 0 Å². The Balaban J connectivity index is 2.11. The average Bonchev–Trinajstić information content (AvgIpc) is 2.44. The minimum Gasteiger partial charge on any atom is -0.312 e. The summed E-state index contributed by atoms with van der Waals surface area (Å²) in [4.78, 5) is 0.892. The molecular formula is C15H14Cl2FNS. The molecule has 0 saturated heterocycles. The first-order valence-electron chi connectivity index (χ1n) is 6.11. The molecule has 0 spiro atoms. The highest BCUT2D eigenvalue weighted by Crippen LogP contribution is 2.32. The van der Waals surface area contributed by atoms with Gasteiger partial charge in [-0.15, -0.1) is 11.8 Å². The lowest BCUT2D eigenvalue weighted by molar-refractivity contribution is 0.624. The molecule has 0 amide bonds. The van der Waals surface area contributed by atoms with Gasteiger partial charge in [-0.1, -0.05) is 41.4 Å². The summed E-state index contributed by atoms with van der Waals surface area (Å²) in [6, 6.07) is 12.2. The predicted octanol–water partition coefficient (Wildman–Crippen LogP) is 5.19. The Kier molecular flexibility index (Phi) is 5.73. The van der Waals surface area contributed by atoms with Gasteiger partial charge in [-0.2, -0.15) is 0 Å². The van der Waals surface area contributed by atoms with Crippen LogP contribution in [0.5, 0.6) is 0 Å². The third kappa shape index (κ3) is 3.89. The zero-order valence-electron chi connectivity index (χ0n) is 10.9. The van der Waals surface area contributed by atoms with Gasteiger partial charge < -0.3 is 5.32 Å². The average molecular weight is 330 g/mol. The van der Waals surface area contributed by atoms with E-state index in [4.69, 9.17) is 23.2 Å². The number of benzene rings is 2. The third-order valence-corrected chi connectivity index (χ3v) is 4.84. The normalized spacial score (nSPS) is 12.4. The van der Waals surface area contributed by atoms with Crippen molar-refractivity contribution in [2.45, 2.75) is 10.9 Å². The van der Waals surface area contributed by atoms with Crippen LogP contribution in [0.15, 0.2) is 47.4 Å². The fourth-order valence-corrected chi connectivity index (χ4v) is 3.37. The second-order valence-corrected chi connectivity index (χ2v) is 6.13. The summed E-state index contributed by atoms with van der Waals surface area (Å²) in [5, 5.41) is 4.32. The summed E-state index contributed by atoms with van der Waals surface area (Å²) in [6.45, 7) is 0. The molecule has 2 rings (SSSR count). The highest BCUT2D eigenvalue weighted by Gasteiger charge is 2.15. The minimum absolute atomic E-state index is 0.0504. The van der Waals surface area contributed by atoms with Gasteiger partial charge in [0.1, 0.15) is 5.82 Å². The molecule has 1 nitrogen and oxygen atoms in total. The Labute approximate surface area is 132 Å². The van der Waals surface area contributed by atoms with Crippen LogP contribution >= 0.6 is 35.0 Å². The summed E-state index contributed by atoms with van der Waals surface area (Å²) in [5.41, 5.74) is 0.950. The van der Waals surface area contributed by atoms with Gasteiger partial charge in [0.2, 0.25) is 0 Å². The van der Waals surface area contributed by atoms with E-state index < -0.39 is 0 Å². The molecule has 2 aromatic rings. The van der Waals surface area contributed by atoms with Gasteiger partial charge in [0.15, 0.2) is 0 Å². The molecule has 1 N–H and O–H groups in total. The molecule has 0 saturated carbocycles. The SMILES string of the molecule is CNC(CSc1cccc(F)c1)c1cccc(Cl)c1Cl. The van der Waals surface area contributed by atoms with Gasteiger partial charge in [-0.05, 0) is 36.9 Å². The van der Waals surface area contributed by atoms with Crippen molar-refractivity contribution in [3.05, 3.63) is 63.9 Å². The van der Waals surface area contributed by atoms with E-state index in [1.165, 1.54) is 12.1 Å². The maximum absolute atomic E-state index is 13.1. The van der Waals surface area contributed by atoms with Crippen molar-refractivity contribution in [3.8, 4) is 0 Å². The van der Waals surface area contributed by atoms with Crippen LogP contribution in [0, 0.1) is 5.82 Å². The van der Waals surface area contributed by atoms with E-state index in [0.717, 1.165) is 16.2 Å². The summed E-state index contributed by atoms with van der Waals surface area (Å²) in [7, 11) is 1.87. The molecule has 0 aliphatic rings. The molecule has 1 atom stereocenters. The first kappa shape index (κ1) is 15.6. The van der Waals surface area contributed by atoms with Gasteiger partial charge in [-0.25, -0.2) is 4.39 Å². The molecule has 0 aliphatic carbocycles. The highest BCUT2D eigenvalue weighted by molar-refractivity contribution is 7.99. The Morgan fingerprint density at radius 1 is 1.20 bits per heavy atom. The summed E-state index contributed by atoms with van der Waals surface area (Å²) in [6.07, 6.45) is 0. The number of hydrogen-bond donors (Lipinski definition) is 1. The highest BCUT2D eigenvalue weighted by atomic mass is 35.5. The zero-order chi connectivity index (χ0) is 14.5. The van der Waals surface area contributed by atoms with Crippen molar-refractivity contribution in [2.24, 2.45) is 0 Å². The molecule has 0 bridgehead atoms. The van der Waals surface area contributed by atoms with Crippen LogP contribution in [0.2, 0.25) is 10.0 Å². The van der Waals surface area contributed by atoms with Crippen LogP contribution in [0.1, 0.15) is 11.6 Å². The smallest absolute Gasteiger partial charge is 0.124 e. The van der Waals surface area contributed by atoms with E-state index in [-0.39, 0.29) is 11.9 Å². The van der Waals surface area contributed by atoms with Gasteiger partial charge in [0, 0.05) is 16.7 Å². The molecule has 1 unspecified atom stereocenters. The van der Waals surface area contributed by atoms with Crippen molar-refractivity contribution < 1.29 is 4.39 Å². The fraction of sp³-hybridized carbons (Fsp3) is 0.200. The Bertz CT molecular complexity index is 592. The van der Waals surface area contributed by atoms with Gasteiger partial charge in [-0.3, -0.25) is 0 Å². The summed E-state index contributed by atoms with van der Waals surface area (Å²) >= 11 is 13.8. The maximum atomic E-state index is 13.1. The van der Waals surface area contributed by atoms with Crippen LogP contribution in [-0.2, 0) is 0 Å². The minimum atomic E-state index is -0.225. The van der Waals surface area contributed by atoms with Crippen LogP contribution < -0.4 is 5.32 Å². The van der Waals surface area contributed by atoms with E-state index in [0.29, 0.717) is 10.0 Å². The lowest BCUT2D eigenvalue weighted by Gasteiger charge is -2.18. The van der Waals surface area contributed by atoms with Crippen LogP contribution in [0.3, 0.4) is 0 Å². The quantitative estimate of drug-likeness (QED) is 0.758. The van der Waals surface area contributed by atoms with Crippen LogP contribution in [0.4, 0.5) is 4.39 Å². The Hall–Kier alpha value is -0.740. The molecule has 0 heterocycles. The van der Waals surface area contributed by atoms with E-state index in [2.05, 4.69) is 5.32 Å². The molecule has 0 aromatic heterocycles. The van der Waals surface area contributed by atoms with E-state index in [1.54, 1.807) is 23.9 Å². The number of halogens is 3. The molecule has 0 radical (unpaired) electrons. The first-order valence-corrected chi connectivity index (χ1v) is 7.85. The van der Waals surface area contributed by atoms with E-state index in [1.807, 2.05) is 25.2 Å². The molecule has 2 aromatic carbocycles.